The first kappa shape index (κ1) is 8.66. The van der Waals surface area contributed by atoms with Crippen molar-refractivity contribution >= 4 is 27.5 Å². The quantitative estimate of drug-likeness (QED) is 0.757. The molecule has 0 spiro atoms. The molecule has 5 heteroatoms. The van der Waals surface area contributed by atoms with Crippen molar-refractivity contribution in [3.8, 4) is 6.07 Å². The van der Waals surface area contributed by atoms with E-state index in [9.17, 15) is 4.79 Å². The standard InChI is InChI=1S/C9H5N3OS/c10-4-8-12-6-2-1-5(9(11)13)3-7(6)14-8/h1-3H,(H2,11,13). The summed E-state index contributed by atoms with van der Waals surface area (Å²) in [6, 6.07) is 6.90. The van der Waals surface area contributed by atoms with E-state index in [-0.39, 0.29) is 0 Å². The summed E-state index contributed by atoms with van der Waals surface area (Å²) in [6.45, 7) is 0. The average molecular weight is 203 g/mol. The number of thiazole rings is 1. The Labute approximate surface area is 83.6 Å². The molecule has 0 unspecified atom stereocenters. The van der Waals surface area contributed by atoms with E-state index in [1.807, 2.05) is 6.07 Å². The van der Waals surface area contributed by atoms with E-state index < -0.39 is 5.91 Å². The highest BCUT2D eigenvalue weighted by molar-refractivity contribution is 7.19. The van der Waals surface area contributed by atoms with Gasteiger partial charge in [0.2, 0.25) is 5.91 Å². The predicted molar refractivity (Wildman–Crippen MR) is 52.9 cm³/mol. The number of fused-ring (bicyclic) bond motifs is 1. The second-order valence-electron chi connectivity index (χ2n) is 2.68. The van der Waals surface area contributed by atoms with Crippen LogP contribution in [0.15, 0.2) is 18.2 Å². The Bertz CT molecular complexity index is 553. The normalized spacial score (nSPS) is 9.93. The summed E-state index contributed by atoms with van der Waals surface area (Å²) in [5.74, 6) is -0.473. The van der Waals surface area contributed by atoms with Gasteiger partial charge in [0, 0.05) is 5.56 Å². The highest BCUT2D eigenvalue weighted by Crippen LogP contribution is 2.22. The van der Waals surface area contributed by atoms with Gasteiger partial charge >= 0.3 is 0 Å². The number of nitriles is 1. The smallest absolute Gasteiger partial charge is 0.248 e. The molecule has 0 bridgehead atoms. The second kappa shape index (κ2) is 3.09. The van der Waals surface area contributed by atoms with Crippen LogP contribution in [-0.2, 0) is 0 Å². The van der Waals surface area contributed by atoms with Crippen LogP contribution in [0.25, 0.3) is 10.2 Å². The third kappa shape index (κ3) is 1.32. The Morgan fingerprint density at radius 1 is 1.57 bits per heavy atom. The minimum Gasteiger partial charge on any atom is -0.366 e. The van der Waals surface area contributed by atoms with Crippen molar-refractivity contribution in [3.05, 3.63) is 28.8 Å². The maximum absolute atomic E-state index is 10.9. The lowest BCUT2D eigenvalue weighted by molar-refractivity contribution is 0.100. The maximum Gasteiger partial charge on any atom is 0.248 e. The lowest BCUT2D eigenvalue weighted by Crippen LogP contribution is -2.10. The molecule has 4 nitrogen and oxygen atoms in total. The third-order valence-corrected chi connectivity index (χ3v) is 2.69. The molecule has 2 N–H and O–H groups in total. The fourth-order valence-corrected chi connectivity index (χ4v) is 1.93. The topological polar surface area (TPSA) is 79.8 Å². The summed E-state index contributed by atoms with van der Waals surface area (Å²) >= 11 is 1.25. The molecule has 0 aliphatic heterocycles. The van der Waals surface area contributed by atoms with Gasteiger partial charge in [-0.3, -0.25) is 4.79 Å². The molecule has 1 heterocycles. The van der Waals surface area contributed by atoms with E-state index in [4.69, 9.17) is 11.0 Å². The Balaban J connectivity index is 2.66. The van der Waals surface area contributed by atoms with Crippen LogP contribution >= 0.6 is 11.3 Å². The molecule has 1 amide bonds. The van der Waals surface area contributed by atoms with E-state index in [0.29, 0.717) is 10.6 Å². The Morgan fingerprint density at radius 3 is 3.00 bits per heavy atom. The van der Waals surface area contributed by atoms with E-state index in [2.05, 4.69) is 4.98 Å². The van der Waals surface area contributed by atoms with Crippen molar-refractivity contribution in [2.24, 2.45) is 5.73 Å². The molecule has 0 aliphatic rings. The van der Waals surface area contributed by atoms with E-state index in [1.54, 1.807) is 18.2 Å². The van der Waals surface area contributed by atoms with Gasteiger partial charge in [-0.1, -0.05) is 0 Å². The summed E-state index contributed by atoms with van der Waals surface area (Å²) in [6.07, 6.45) is 0. The molecule has 0 radical (unpaired) electrons. The zero-order valence-corrected chi connectivity index (χ0v) is 7.84. The van der Waals surface area contributed by atoms with E-state index >= 15 is 0 Å². The summed E-state index contributed by atoms with van der Waals surface area (Å²) in [5.41, 5.74) is 6.28. The number of nitrogens with two attached hydrogens (primary N) is 1. The van der Waals surface area contributed by atoms with Crippen LogP contribution in [0.1, 0.15) is 15.4 Å². The van der Waals surface area contributed by atoms with Crippen molar-refractivity contribution in [2.75, 3.05) is 0 Å². The Kier molecular flexibility index (Phi) is 1.91. The summed E-state index contributed by atoms with van der Waals surface area (Å²) in [7, 11) is 0. The maximum atomic E-state index is 10.9. The molecule has 1 aromatic carbocycles. The fraction of sp³-hybridized carbons (Fsp3) is 0. The zero-order chi connectivity index (χ0) is 10.1. The van der Waals surface area contributed by atoms with Gasteiger partial charge in [0.25, 0.3) is 0 Å². The first-order chi connectivity index (χ1) is 6.70. The molecule has 0 aliphatic carbocycles. The highest BCUT2D eigenvalue weighted by atomic mass is 32.1. The number of primary amides is 1. The van der Waals surface area contributed by atoms with Crippen LogP contribution in [-0.4, -0.2) is 10.9 Å². The number of benzene rings is 1. The lowest BCUT2D eigenvalue weighted by Gasteiger charge is -1.92. The van der Waals surface area contributed by atoms with Crippen molar-refractivity contribution in [3.63, 3.8) is 0 Å². The molecular formula is C9H5N3OS. The number of aromatic nitrogens is 1. The van der Waals surface area contributed by atoms with Gasteiger partial charge in [0.15, 0.2) is 5.01 Å². The van der Waals surface area contributed by atoms with Gasteiger partial charge in [0.05, 0.1) is 10.2 Å². The minimum atomic E-state index is -0.473. The fourth-order valence-electron chi connectivity index (χ4n) is 1.13. The summed E-state index contributed by atoms with van der Waals surface area (Å²) in [5, 5.41) is 9.01. The molecule has 2 aromatic rings. The molecular weight excluding hydrogens is 198 g/mol. The predicted octanol–water partition coefficient (Wildman–Crippen LogP) is 1.27. The molecule has 0 saturated carbocycles. The summed E-state index contributed by atoms with van der Waals surface area (Å²) in [4.78, 5) is 14.9. The molecule has 2 rings (SSSR count). The van der Waals surface area contributed by atoms with Crippen LogP contribution in [0.2, 0.25) is 0 Å². The van der Waals surface area contributed by atoms with Gasteiger partial charge in [-0.25, -0.2) is 4.98 Å². The van der Waals surface area contributed by atoms with Gasteiger partial charge in [0.1, 0.15) is 6.07 Å². The van der Waals surface area contributed by atoms with Gasteiger partial charge < -0.3 is 5.73 Å². The zero-order valence-electron chi connectivity index (χ0n) is 7.02. The first-order valence-electron chi connectivity index (χ1n) is 3.81. The Hall–Kier alpha value is -1.93. The van der Waals surface area contributed by atoms with Crippen LogP contribution in [0.4, 0.5) is 0 Å². The van der Waals surface area contributed by atoms with Gasteiger partial charge in [-0.05, 0) is 18.2 Å². The third-order valence-electron chi connectivity index (χ3n) is 1.77. The average Bonchev–Trinajstić information content (AvgIpc) is 2.58. The monoisotopic (exact) mass is 203 g/mol. The molecule has 68 valence electrons. The molecule has 1 aromatic heterocycles. The SMILES string of the molecule is N#Cc1nc2ccc(C(N)=O)cc2s1. The second-order valence-corrected chi connectivity index (χ2v) is 3.71. The van der Waals surface area contributed by atoms with Crippen molar-refractivity contribution in [2.45, 2.75) is 0 Å². The van der Waals surface area contributed by atoms with Gasteiger partial charge in [-0.2, -0.15) is 5.26 Å². The first-order valence-corrected chi connectivity index (χ1v) is 4.63. The van der Waals surface area contributed by atoms with Crippen LogP contribution in [0.5, 0.6) is 0 Å². The van der Waals surface area contributed by atoms with Gasteiger partial charge in [-0.15, -0.1) is 11.3 Å². The molecule has 0 atom stereocenters. The van der Waals surface area contributed by atoms with Crippen LogP contribution in [0.3, 0.4) is 0 Å². The molecule has 14 heavy (non-hydrogen) atoms. The molecule has 0 fully saturated rings. The van der Waals surface area contributed by atoms with Crippen molar-refractivity contribution < 1.29 is 4.79 Å². The number of carbonyl (C=O) groups is 1. The van der Waals surface area contributed by atoms with Crippen LogP contribution < -0.4 is 5.73 Å². The number of nitrogens with zero attached hydrogens (tertiary/aromatic N) is 2. The summed E-state index contributed by atoms with van der Waals surface area (Å²) < 4.78 is 0.804. The number of hydrogen-bond donors (Lipinski definition) is 1. The van der Waals surface area contributed by atoms with Crippen molar-refractivity contribution in [1.82, 2.24) is 4.98 Å². The highest BCUT2D eigenvalue weighted by Gasteiger charge is 2.06. The number of rotatable bonds is 1. The number of hydrogen-bond acceptors (Lipinski definition) is 4. The largest absolute Gasteiger partial charge is 0.366 e. The van der Waals surface area contributed by atoms with E-state index in [1.165, 1.54) is 11.3 Å². The van der Waals surface area contributed by atoms with Crippen LogP contribution in [0, 0.1) is 11.3 Å². The number of amides is 1. The lowest BCUT2D eigenvalue weighted by atomic mass is 10.2. The Morgan fingerprint density at radius 2 is 2.36 bits per heavy atom. The van der Waals surface area contributed by atoms with E-state index in [0.717, 1.165) is 10.2 Å². The number of carbonyl (C=O) groups excluding carboxylic acids is 1. The van der Waals surface area contributed by atoms with Crippen molar-refractivity contribution in [1.29, 1.82) is 5.26 Å². The minimum absolute atomic E-state index is 0.390. The molecule has 0 saturated heterocycles.